The largest absolute Gasteiger partial charge is 0.467 e. The number of hydrogen-bond donors (Lipinski definition) is 1. The molecule has 2 aromatic heterocycles. The summed E-state index contributed by atoms with van der Waals surface area (Å²) in [7, 11) is 1.28. The smallest absolute Gasteiger partial charge is 0.328 e. The van der Waals surface area contributed by atoms with Crippen LogP contribution in [0.3, 0.4) is 0 Å². The van der Waals surface area contributed by atoms with Crippen LogP contribution < -0.4 is 15.8 Å². The second kappa shape index (κ2) is 8.24. The van der Waals surface area contributed by atoms with Gasteiger partial charge in [0, 0.05) is 38.9 Å². The Bertz CT molecular complexity index is 935. The molecular weight excluding hydrogens is 364 g/mol. The van der Waals surface area contributed by atoms with E-state index < -0.39 is 12.0 Å². The molecule has 0 radical (unpaired) electrons. The summed E-state index contributed by atoms with van der Waals surface area (Å²) in [6.45, 7) is 5.73. The Morgan fingerprint density at radius 2 is 2.00 bits per heavy atom. The zero-order chi connectivity index (χ0) is 20.3. The van der Waals surface area contributed by atoms with Crippen molar-refractivity contribution in [3.05, 3.63) is 28.7 Å². The molecule has 10 nitrogen and oxygen atoms in total. The number of aryl methyl sites for hydroxylation is 1. The molecule has 3 heterocycles. The van der Waals surface area contributed by atoms with E-state index in [1.165, 1.54) is 7.11 Å². The molecule has 1 aliphatic rings. The lowest BCUT2D eigenvalue weighted by Crippen LogP contribution is -2.55. The van der Waals surface area contributed by atoms with Gasteiger partial charge in [0.2, 0.25) is 0 Å². The lowest BCUT2D eigenvalue weighted by molar-refractivity contribution is -0.142. The molecule has 0 aliphatic carbocycles. The number of hydrogen-bond acceptors (Lipinski definition) is 7. The number of nitrogens with zero attached hydrogens (tertiary/aromatic N) is 5. The van der Waals surface area contributed by atoms with Crippen LogP contribution in [0.1, 0.15) is 13.8 Å². The number of esters is 1. The Morgan fingerprint density at radius 1 is 1.29 bits per heavy atom. The third kappa shape index (κ3) is 3.75. The number of ether oxygens (including phenoxy) is 1. The number of rotatable bonds is 4. The second-order valence-corrected chi connectivity index (χ2v) is 6.50. The maximum atomic E-state index is 12.9. The lowest BCUT2D eigenvalue weighted by Gasteiger charge is -2.35. The van der Waals surface area contributed by atoms with E-state index in [0.717, 1.165) is 0 Å². The van der Waals surface area contributed by atoms with Crippen molar-refractivity contribution in [2.24, 2.45) is 0 Å². The third-order valence-electron chi connectivity index (χ3n) is 4.76. The molecule has 1 N–H and O–H groups in total. The zero-order valence-corrected chi connectivity index (χ0v) is 16.2. The fraction of sp³-hybridized carbons (Fsp3) is 0.500. The van der Waals surface area contributed by atoms with Gasteiger partial charge in [-0.05, 0) is 26.0 Å². The minimum atomic E-state index is -0.720. The summed E-state index contributed by atoms with van der Waals surface area (Å²) in [6.07, 6.45) is 1.64. The number of urea groups is 1. The maximum absolute atomic E-state index is 12.9. The van der Waals surface area contributed by atoms with Crippen molar-refractivity contribution in [1.29, 1.82) is 0 Å². The molecule has 1 unspecified atom stereocenters. The Labute approximate surface area is 162 Å². The van der Waals surface area contributed by atoms with Crippen molar-refractivity contribution in [2.75, 3.05) is 38.2 Å². The summed E-state index contributed by atoms with van der Waals surface area (Å²) in [4.78, 5) is 48.9. The first-order valence-corrected chi connectivity index (χ1v) is 9.20. The van der Waals surface area contributed by atoms with E-state index in [-0.39, 0.29) is 11.6 Å². The molecule has 0 saturated carbocycles. The van der Waals surface area contributed by atoms with Crippen LogP contribution in [-0.4, -0.2) is 70.8 Å². The van der Waals surface area contributed by atoms with E-state index in [2.05, 4.69) is 20.0 Å². The van der Waals surface area contributed by atoms with E-state index in [1.807, 2.05) is 17.9 Å². The Balaban J connectivity index is 1.73. The molecular formula is C18H24N6O4. The number of anilines is 1. The highest BCUT2D eigenvalue weighted by molar-refractivity contribution is 5.83. The number of piperazine rings is 1. The zero-order valence-electron chi connectivity index (χ0n) is 16.2. The van der Waals surface area contributed by atoms with Gasteiger partial charge < -0.3 is 19.9 Å². The topological polar surface area (TPSA) is 110 Å². The van der Waals surface area contributed by atoms with E-state index in [9.17, 15) is 14.4 Å². The first kappa shape index (κ1) is 19.6. The van der Waals surface area contributed by atoms with Gasteiger partial charge in [-0.1, -0.05) is 0 Å². The number of pyridine rings is 1. The van der Waals surface area contributed by atoms with Crippen LogP contribution in [0.15, 0.2) is 23.1 Å². The molecule has 2 amide bonds. The SMILES string of the molecule is CCn1c(=O)c(N2CCN(C(=O)NC(C)C(=O)OC)CC2)nc2cccnc21. The number of nitrogens with one attached hydrogen (secondary N) is 1. The third-order valence-corrected chi connectivity index (χ3v) is 4.76. The molecule has 0 spiro atoms. The van der Waals surface area contributed by atoms with Crippen LogP contribution in [0.2, 0.25) is 0 Å². The fourth-order valence-electron chi connectivity index (χ4n) is 3.20. The van der Waals surface area contributed by atoms with Crippen LogP contribution in [0.4, 0.5) is 10.6 Å². The van der Waals surface area contributed by atoms with Gasteiger partial charge in [-0.25, -0.2) is 19.6 Å². The first-order chi connectivity index (χ1) is 13.5. The summed E-state index contributed by atoms with van der Waals surface area (Å²) in [6, 6.07) is 2.56. The molecule has 1 aliphatic heterocycles. The number of fused-ring (bicyclic) bond motifs is 1. The highest BCUT2D eigenvalue weighted by Gasteiger charge is 2.26. The number of carbonyl (C=O) groups is 2. The molecule has 150 valence electrons. The summed E-state index contributed by atoms with van der Waals surface area (Å²) in [5.74, 6) is -0.133. The summed E-state index contributed by atoms with van der Waals surface area (Å²) < 4.78 is 6.22. The van der Waals surface area contributed by atoms with Crippen LogP contribution >= 0.6 is 0 Å². The van der Waals surface area contributed by atoms with Gasteiger partial charge in [-0.2, -0.15) is 0 Å². The monoisotopic (exact) mass is 388 g/mol. The molecule has 0 aromatic carbocycles. The van der Waals surface area contributed by atoms with Crippen molar-refractivity contribution in [2.45, 2.75) is 26.4 Å². The Hall–Kier alpha value is -3.17. The van der Waals surface area contributed by atoms with E-state index in [0.29, 0.717) is 49.7 Å². The van der Waals surface area contributed by atoms with Crippen molar-refractivity contribution >= 4 is 29.0 Å². The van der Waals surface area contributed by atoms with Crippen molar-refractivity contribution in [1.82, 2.24) is 24.8 Å². The molecule has 1 fully saturated rings. The molecule has 28 heavy (non-hydrogen) atoms. The molecule has 1 saturated heterocycles. The van der Waals surface area contributed by atoms with Crippen LogP contribution in [-0.2, 0) is 16.1 Å². The van der Waals surface area contributed by atoms with Gasteiger partial charge in [0.15, 0.2) is 11.5 Å². The molecule has 0 bridgehead atoms. The summed E-state index contributed by atoms with van der Waals surface area (Å²) in [5.41, 5.74) is 1.03. The predicted octanol–water partition coefficient (Wildman–Crippen LogP) is 0.205. The van der Waals surface area contributed by atoms with Crippen LogP contribution in [0, 0.1) is 0 Å². The highest BCUT2D eigenvalue weighted by atomic mass is 16.5. The molecule has 3 rings (SSSR count). The second-order valence-electron chi connectivity index (χ2n) is 6.50. The van der Waals surface area contributed by atoms with Gasteiger partial charge in [0.1, 0.15) is 11.6 Å². The number of aromatic nitrogens is 3. The van der Waals surface area contributed by atoms with Gasteiger partial charge in [0.25, 0.3) is 5.56 Å². The van der Waals surface area contributed by atoms with Gasteiger partial charge in [-0.3, -0.25) is 9.36 Å². The van der Waals surface area contributed by atoms with Gasteiger partial charge in [0.05, 0.1) is 7.11 Å². The molecule has 2 aromatic rings. The van der Waals surface area contributed by atoms with Gasteiger partial charge in [-0.15, -0.1) is 0 Å². The van der Waals surface area contributed by atoms with Crippen molar-refractivity contribution < 1.29 is 14.3 Å². The summed E-state index contributed by atoms with van der Waals surface area (Å²) in [5, 5.41) is 2.61. The minimum Gasteiger partial charge on any atom is -0.467 e. The minimum absolute atomic E-state index is 0.189. The average Bonchev–Trinajstić information content (AvgIpc) is 2.72. The normalized spacial score (nSPS) is 15.4. The molecule has 10 heteroatoms. The van der Waals surface area contributed by atoms with E-state index >= 15 is 0 Å². The standard InChI is InChI=1S/C18H24N6O4/c1-4-24-14-13(6-5-7-19-14)21-15(16(24)25)22-8-10-23(11-9-22)18(27)20-12(2)17(26)28-3/h5-7,12H,4,8-11H2,1-3H3,(H,20,27). The van der Waals surface area contributed by atoms with Crippen LogP contribution in [0.5, 0.6) is 0 Å². The van der Waals surface area contributed by atoms with E-state index in [1.54, 1.807) is 28.7 Å². The molecule has 1 atom stereocenters. The van der Waals surface area contributed by atoms with Crippen molar-refractivity contribution in [3.8, 4) is 0 Å². The highest BCUT2D eigenvalue weighted by Crippen LogP contribution is 2.14. The lowest BCUT2D eigenvalue weighted by atomic mass is 10.3. The number of amides is 2. The number of carbonyl (C=O) groups excluding carboxylic acids is 2. The van der Waals surface area contributed by atoms with Crippen LogP contribution in [0.25, 0.3) is 11.2 Å². The maximum Gasteiger partial charge on any atom is 0.328 e. The van der Waals surface area contributed by atoms with E-state index in [4.69, 9.17) is 0 Å². The van der Waals surface area contributed by atoms with Crippen molar-refractivity contribution in [3.63, 3.8) is 0 Å². The summed E-state index contributed by atoms with van der Waals surface area (Å²) >= 11 is 0. The quantitative estimate of drug-likeness (QED) is 0.745. The van der Waals surface area contributed by atoms with Gasteiger partial charge >= 0.3 is 12.0 Å². The Kier molecular flexibility index (Phi) is 5.76. The Morgan fingerprint density at radius 3 is 2.64 bits per heavy atom. The fourth-order valence-corrected chi connectivity index (χ4v) is 3.20. The first-order valence-electron chi connectivity index (χ1n) is 9.20. The predicted molar refractivity (Wildman–Crippen MR) is 103 cm³/mol. The average molecular weight is 388 g/mol. The number of methoxy groups -OCH3 is 1.